The molecular weight excluding hydrogens is 276 g/mol. The van der Waals surface area contributed by atoms with E-state index in [1.54, 1.807) is 0 Å². The van der Waals surface area contributed by atoms with Crippen LogP contribution in [-0.4, -0.2) is 23.7 Å². The molecule has 122 valence electrons. The first-order valence-electron chi connectivity index (χ1n) is 9.05. The molecule has 2 saturated carbocycles. The second-order valence-electron chi connectivity index (χ2n) is 7.64. The van der Waals surface area contributed by atoms with Gasteiger partial charge in [0, 0.05) is 5.92 Å². The van der Waals surface area contributed by atoms with Crippen LogP contribution in [0.15, 0.2) is 0 Å². The van der Waals surface area contributed by atoms with Crippen molar-refractivity contribution in [2.45, 2.75) is 63.8 Å². The zero-order valence-corrected chi connectivity index (χ0v) is 13.3. The lowest BCUT2D eigenvalue weighted by Gasteiger charge is -2.39. The molecule has 2 N–H and O–H groups in total. The summed E-state index contributed by atoms with van der Waals surface area (Å²) in [7, 11) is 0. The van der Waals surface area contributed by atoms with Gasteiger partial charge in [-0.3, -0.25) is 4.79 Å². The Bertz CT molecular complexity index is 429. The lowest BCUT2D eigenvalue weighted by atomic mass is 9.66. The van der Waals surface area contributed by atoms with E-state index < -0.39 is 5.97 Å². The van der Waals surface area contributed by atoms with Crippen LogP contribution >= 0.6 is 0 Å². The van der Waals surface area contributed by atoms with Crippen LogP contribution in [0.25, 0.3) is 0 Å². The largest absolute Gasteiger partial charge is 0.480 e. The molecule has 1 heterocycles. The van der Waals surface area contributed by atoms with Crippen LogP contribution < -0.4 is 5.32 Å². The molecule has 3 fully saturated rings. The third-order valence-corrected chi connectivity index (χ3v) is 6.58. The summed E-state index contributed by atoms with van der Waals surface area (Å²) in [6.07, 6.45) is 10.6. The number of nitriles is 1. The number of nitrogens with one attached hydrogen (secondary N) is 1. The highest BCUT2D eigenvalue weighted by molar-refractivity contribution is 5.74. The van der Waals surface area contributed by atoms with Gasteiger partial charge >= 0.3 is 5.97 Å². The van der Waals surface area contributed by atoms with Crippen molar-refractivity contribution >= 4 is 5.97 Å². The van der Waals surface area contributed by atoms with E-state index >= 15 is 0 Å². The molecule has 0 amide bonds. The Labute approximate surface area is 133 Å². The SMILES string of the molecule is N#C[C@H]1CC[C@H](C2CCC(C3CCN[C@@H]3C(=O)O)CC2)CC1. The highest BCUT2D eigenvalue weighted by atomic mass is 16.4. The van der Waals surface area contributed by atoms with Gasteiger partial charge in [0.15, 0.2) is 0 Å². The zero-order valence-electron chi connectivity index (χ0n) is 13.3. The third-order valence-electron chi connectivity index (χ3n) is 6.58. The second-order valence-corrected chi connectivity index (χ2v) is 7.64. The van der Waals surface area contributed by atoms with Crippen LogP contribution in [0.3, 0.4) is 0 Å². The molecule has 0 aromatic heterocycles. The van der Waals surface area contributed by atoms with Crippen molar-refractivity contribution in [3.63, 3.8) is 0 Å². The van der Waals surface area contributed by atoms with E-state index in [9.17, 15) is 9.90 Å². The summed E-state index contributed by atoms with van der Waals surface area (Å²) in [5.41, 5.74) is 0. The summed E-state index contributed by atoms with van der Waals surface area (Å²) in [5.74, 6) is 2.22. The summed E-state index contributed by atoms with van der Waals surface area (Å²) in [5, 5.41) is 21.5. The first kappa shape index (κ1) is 15.8. The monoisotopic (exact) mass is 304 g/mol. The van der Waals surface area contributed by atoms with E-state index in [2.05, 4.69) is 11.4 Å². The number of carboxylic acids is 1. The van der Waals surface area contributed by atoms with Crippen LogP contribution in [0.2, 0.25) is 0 Å². The van der Waals surface area contributed by atoms with E-state index in [0.29, 0.717) is 17.8 Å². The number of aliphatic carboxylic acids is 1. The predicted molar refractivity (Wildman–Crippen MR) is 84.0 cm³/mol. The molecular formula is C18H28N2O2. The molecule has 3 aliphatic rings. The van der Waals surface area contributed by atoms with Crippen LogP contribution in [-0.2, 0) is 4.79 Å². The Balaban J connectivity index is 1.49. The zero-order chi connectivity index (χ0) is 15.5. The van der Waals surface area contributed by atoms with Gasteiger partial charge in [-0.2, -0.15) is 5.26 Å². The molecule has 1 unspecified atom stereocenters. The van der Waals surface area contributed by atoms with Gasteiger partial charge in [0.2, 0.25) is 0 Å². The number of nitrogens with zero attached hydrogens (tertiary/aromatic N) is 1. The molecule has 0 bridgehead atoms. The fourth-order valence-electron chi connectivity index (χ4n) is 5.27. The number of carbonyl (C=O) groups is 1. The lowest BCUT2D eigenvalue weighted by molar-refractivity contribution is -0.140. The van der Waals surface area contributed by atoms with Gasteiger partial charge < -0.3 is 10.4 Å². The molecule has 4 nitrogen and oxygen atoms in total. The van der Waals surface area contributed by atoms with Crippen molar-refractivity contribution in [1.29, 1.82) is 5.26 Å². The van der Waals surface area contributed by atoms with Crippen LogP contribution in [0.5, 0.6) is 0 Å². The van der Waals surface area contributed by atoms with Crippen molar-refractivity contribution in [1.82, 2.24) is 5.32 Å². The Kier molecular flexibility index (Phi) is 5.03. The molecule has 4 heteroatoms. The standard InChI is InChI=1S/C18H28N2O2/c19-11-12-1-3-13(4-2-12)14-5-7-15(8-6-14)16-9-10-20-17(16)18(21)22/h12-17,20H,1-10H2,(H,21,22)/t12-,13-,14?,15?,16?,17-/m0/s1. The van der Waals surface area contributed by atoms with E-state index in [-0.39, 0.29) is 6.04 Å². The average Bonchev–Trinajstić information content (AvgIpc) is 3.05. The highest BCUT2D eigenvalue weighted by Crippen LogP contribution is 2.44. The molecule has 0 radical (unpaired) electrons. The van der Waals surface area contributed by atoms with Crippen molar-refractivity contribution in [2.24, 2.45) is 29.6 Å². The maximum Gasteiger partial charge on any atom is 0.320 e. The Morgan fingerprint density at radius 1 is 0.909 bits per heavy atom. The Morgan fingerprint density at radius 2 is 1.45 bits per heavy atom. The van der Waals surface area contributed by atoms with Gasteiger partial charge in [0.25, 0.3) is 0 Å². The predicted octanol–water partition coefficient (Wildman–Crippen LogP) is 3.19. The van der Waals surface area contributed by atoms with Crippen LogP contribution in [0.1, 0.15) is 57.8 Å². The number of hydrogen-bond donors (Lipinski definition) is 2. The molecule has 0 aromatic rings. The fourth-order valence-corrected chi connectivity index (χ4v) is 5.27. The van der Waals surface area contributed by atoms with Gasteiger partial charge in [-0.15, -0.1) is 0 Å². The molecule has 0 aromatic carbocycles. The minimum atomic E-state index is -0.667. The maximum absolute atomic E-state index is 11.3. The number of carboxylic acid groups (broad SMARTS) is 1. The molecule has 3 rings (SSSR count). The van der Waals surface area contributed by atoms with Crippen molar-refractivity contribution < 1.29 is 9.90 Å². The summed E-state index contributed by atoms with van der Waals surface area (Å²) < 4.78 is 0. The topological polar surface area (TPSA) is 73.1 Å². The van der Waals surface area contributed by atoms with Crippen molar-refractivity contribution in [2.75, 3.05) is 6.54 Å². The summed E-state index contributed by atoms with van der Waals surface area (Å²) >= 11 is 0. The van der Waals surface area contributed by atoms with Gasteiger partial charge in [-0.1, -0.05) is 0 Å². The minimum Gasteiger partial charge on any atom is -0.480 e. The molecule has 0 spiro atoms. The van der Waals surface area contributed by atoms with Crippen molar-refractivity contribution in [3.05, 3.63) is 0 Å². The van der Waals surface area contributed by atoms with Gasteiger partial charge in [-0.05, 0) is 88.0 Å². The van der Waals surface area contributed by atoms with E-state index in [0.717, 1.165) is 37.6 Å². The molecule has 2 aliphatic carbocycles. The Morgan fingerprint density at radius 3 is 2.00 bits per heavy atom. The lowest BCUT2D eigenvalue weighted by Crippen LogP contribution is -2.39. The summed E-state index contributed by atoms with van der Waals surface area (Å²) in [6.45, 7) is 0.861. The van der Waals surface area contributed by atoms with E-state index in [1.165, 1.54) is 38.5 Å². The van der Waals surface area contributed by atoms with Gasteiger partial charge in [0.1, 0.15) is 6.04 Å². The van der Waals surface area contributed by atoms with Crippen molar-refractivity contribution in [3.8, 4) is 6.07 Å². The first-order valence-corrected chi connectivity index (χ1v) is 9.05. The summed E-state index contributed by atoms with van der Waals surface area (Å²) in [4.78, 5) is 11.3. The molecule has 1 aliphatic heterocycles. The van der Waals surface area contributed by atoms with Gasteiger partial charge in [-0.25, -0.2) is 0 Å². The fraction of sp³-hybridized carbons (Fsp3) is 0.889. The number of rotatable bonds is 3. The quantitative estimate of drug-likeness (QED) is 0.840. The third kappa shape index (κ3) is 3.30. The Hall–Kier alpha value is -1.08. The average molecular weight is 304 g/mol. The molecule has 2 atom stereocenters. The van der Waals surface area contributed by atoms with E-state index in [4.69, 9.17) is 5.26 Å². The minimum absolute atomic E-state index is 0.300. The van der Waals surface area contributed by atoms with Crippen LogP contribution in [0, 0.1) is 40.9 Å². The highest BCUT2D eigenvalue weighted by Gasteiger charge is 2.40. The molecule has 1 saturated heterocycles. The van der Waals surface area contributed by atoms with Crippen LogP contribution in [0.4, 0.5) is 0 Å². The first-order chi connectivity index (χ1) is 10.7. The maximum atomic E-state index is 11.3. The molecule has 22 heavy (non-hydrogen) atoms. The summed E-state index contributed by atoms with van der Waals surface area (Å²) in [6, 6.07) is 2.11. The second kappa shape index (κ2) is 7.00. The smallest absolute Gasteiger partial charge is 0.320 e. The van der Waals surface area contributed by atoms with Gasteiger partial charge in [0.05, 0.1) is 6.07 Å². The number of hydrogen-bond acceptors (Lipinski definition) is 3. The van der Waals surface area contributed by atoms with E-state index in [1.807, 2.05) is 0 Å². The normalized spacial score (nSPS) is 42.7.